The Balaban J connectivity index is 2.64. The van der Waals surface area contributed by atoms with E-state index < -0.39 is 15.9 Å². The maximum atomic E-state index is 11.7. The van der Waals surface area contributed by atoms with Crippen molar-refractivity contribution in [2.24, 2.45) is 5.73 Å². The van der Waals surface area contributed by atoms with E-state index in [9.17, 15) is 13.2 Å². The van der Waals surface area contributed by atoms with Gasteiger partial charge >= 0.3 is 0 Å². The summed E-state index contributed by atoms with van der Waals surface area (Å²) in [7, 11) is -3.06. The van der Waals surface area contributed by atoms with E-state index in [4.69, 9.17) is 5.73 Å². The monoisotopic (exact) mass is 277 g/mol. The van der Waals surface area contributed by atoms with Gasteiger partial charge in [-0.3, -0.25) is 9.69 Å². The molecule has 1 amide bonds. The standard InChI is InChI=1S/C11H23N3O3S/c1-4-14(5-11(15)13-8(2)3)10-7-18(16,17)6-9(10)12/h8-10H,4-7,12H2,1-3H3,(H,13,15). The number of rotatable bonds is 5. The molecule has 0 aromatic carbocycles. The molecule has 0 aliphatic carbocycles. The lowest BCUT2D eigenvalue weighted by molar-refractivity contribution is -0.123. The predicted molar refractivity (Wildman–Crippen MR) is 70.9 cm³/mol. The SMILES string of the molecule is CCN(CC(=O)NC(C)C)C1CS(=O)(=O)CC1N. The Hall–Kier alpha value is -0.660. The van der Waals surface area contributed by atoms with Crippen LogP contribution >= 0.6 is 0 Å². The lowest BCUT2D eigenvalue weighted by Crippen LogP contribution is -2.51. The molecule has 0 spiro atoms. The van der Waals surface area contributed by atoms with E-state index in [0.29, 0.717) is 6.54 Å². The molecule has 0 aromatic rings. The number of amides is 1. The van der Waals surface area contributed by atoms with Gasteiger partial charge in [0.05, 0.1) is 18.1 Å². The van der Waals surface area contributed by atoms with E-state index >= 15 is 0 Å². The van der Waals surface area contributed by atoms with Crippen LogP contribution in [0.1, 0.15) is 20.8 Å². The highest BCUT2D eigenvalue weighted by atomic mass is 32.2. The van der Waals surface area contributed by atoms with Crippen LogP contribution in [0.5, 0.6) is 0 Å². The van der Waals surface area contributed by atoms with Gasteiger partial charge in [-0.2, -0.15) is 0 Å². The van der Waals surface area contributed by atoms with Crippen molar-refractivity contribution in [3.8, 4) is 0 Å². The summed E-state index contributed by atoms with van der Waals surface area (Å²) in [5.74, 6) is -0.0277. The molecule has 0 radical (unpaired) electrons. The van der Waals surface area contributed by atoms with Crippen molar-refractivity contribution in [3.63, 3.8) is 0 Å². The molecule has 106 valence electrons. The minimum absolute atomic E-state index is 0.0139. The van der Waals surface area contributed by atoms with Crippen LogP contribution in [-0.4, -0.2) is 61.9 Å². The Morgan fingerprint density at radius 3 is 2.44 bits per heavy atom. The van der Waals surface area contributed by atoms with Gasteiger partial charge in [0, 0.05) is 18.1 Å². The summed E-state index contributed by atoms with van der Waals surface area (Å²) in [6.07, 6.45) is 0. The average molecular weight is 277 g/mol. The zero-order valence-electron chi connectivity index (χ0n) is 11.2. The molecule has 18 heavy (non-hydrogen) atoms. The predicted octanol–water partition coefficient (Wildman–Crippen LogP) is -1.04. The first-order chi connectivity index (χ1) is 8.25. The van der Waals surface area contributed by atoms with Gasteiger partial charge in [-0.15, -0.1) is 0 Å². The lowest BCUT2D eigenvalue weighted by atomic mass is 10.1. The fourth-order valence-electron chi connectivity index (χ4n) is 2.25. The van der Waals surface area contributed by atoms with Gasteiger partial charge in [-0.25, -0.2) is 8.42 Å². The summed E-state index contributed by atoms with van der Waals surface area (Å²) < 4.78 is 23.1. The smallest absolute Gasteiger partial charge is 0.234 e. The third-order valence-electron chi connectivity index (χ3n) is 3.04. The maximum absolute atomic E-state index is 11.7. The Bertz CT molecular complexity index is 394. The zero-order valence-corrected chi connectivity index (χ0v) is 12.0. The summed E-state index contributed by atoms with van der Waals surface area (Å²) >= 11 is 0. The van der Waals surface area contributed by atoms with Crippen molar-refractivity contribution in [3.05, 3.63) is 0 Å². The van der Waals surface area contributed by atoms with E-state index in [1.807, 2.05) is 25.7 Å². The number of nitrogens with zero attached hydrogens (tertiary/aromatic N) is 1. The third-order valence-corrected chi connectivity index (χ3v) is 4.78. The number of hydrogen-bond donors (Lipinski definition) is 2. The van der Waals surface area contributed by atoms with Crippen LogP contribution in [-0.2, 0) is 14.6 Å². The van der Waals surface area contributed by atoms with E-state index in [2.05, 4.69) is 5.32 Å². The average Bonchev–Trinajstić information content (AvgIpc) is 2.47. The first-order valence-electron chi connectivity index (χ1n) is 6.24. The summed E-state index contributed by atoms with van der Waals surface area (Å²) in [5.41, 5.74) is 5.86. The molecule has 3 N–H and O–H groups in total. The normalized spacial score (nSPS) is 26.8. The first kappa shape index (κ1) is 15.4. The Kier molecular flexibility index (Phi) is 5.12. The molecule has 2 unspecified atom stereocenters. The number of carbonyl (C=O) groups excluding carboxylic acids is 1. The number of sulfone groups is 1. The van der Waals surface area contributed by atoms with Gasteiger partial charge in [0.2, 0.25) is 5.91 Å². The highest BCUT2D eigenvalue weighted by molar-refractivity contribution is 7.91. The third kappa shape index (κ3) is 4.22. The van der Waals surface area contributed by atoms with Crippen molar-refractivity contribution < 1.29 is 13.2 Å². The molecule has 1 fully saturated rings. The summed E-state index contributed by atoms with van der Waals surface area (Å²) in [5, 5.41) is 2.80. The van der Waals surface area contributed by atoms with Crippen molar-refractivity contribution in [2.45, 2.75) is 38.9 Å². The molecular weight excluding hydrogens is 254 g/mol. The Morgan fingerprint density at radius 1 is 1.44 bits per heavy atom. The Morgan fingerprint density at radius 2 is 2.06 bits per heavy atom. The number of nitrogens with one attached hydrogen (secondary N) is 1. The molecule has 7 heteroatoms. The number of hydrogen-bond acceptors (Lipinski definition) is 5. The largest absolute Gasteiger partial charge is 0.353 e. The van der Waals surface area contributed by atoms with Crippen LogP contribution in [0.25, 0.3) is 0 Å². The van der Waals surface area contributed by atoms with Crippen LogP contribution in [0, 0.1) is 0 Å². The minimum Gasteiger partial charge on any atom is -0.353 e. The molecular formula is C11H23N3O3S. The number of nitrogens with two attached hydrogens (primary N) is 1. The first-order valence-corrected chi connectivity index (χ1v) is 8.06. The fraction of sp³-hybridized carbons (Fsp3) is 0.909. The van der Waals surface area contributed by atoms with Gasteiger partial charge in [-0.1, -0.05) is 6.92 Å². The minimum atomic E-state index is -3.06. The quantitative estimate of drug-likeness (QED) is 0.669. The zero-order chi connectivity index (χ0) is 13.9. The fourth-order valence-corrected chi connectivity index (χ4v) is 4.17. The van der Waals surface area contributed by atoms with Crippen LogP contribution in [0.15, 0.2) is 0 Å². The van der Waals surface area contributed by atoms with Crippen molar-refractivity contribution in [1.82, 2.24) is 10.2 Å². The molecule has 1 rings (SSSR count). The second-order valence-corrected chi connectivity index (χ2v) is 7.25. The highest BCUT2D eigenvalue weighted by Crippen LogP contribution is 2.16. The molecule has 1 saturated heterocycles. The summed E-state index contributed by atoms with van der Waals surface area (Å²) in [4.78, 5) is 13.5. The van der Waals surface area contributed by atoms with Gasteiger partial charge in [0.25, 0.3) is 0 Å². The van der Waals surface area contributed by atoms with Crippen molar-refractivity contribution >= 4 is 15.7 Å². The molecule has 6 nitrogen and oxygen atoms in total. The van der Waals surface area contributed by atoms with E-state index in [1.165, 1.54) is 0 Å². The molecule has 1 heterocycles. The van der Waals surface area contributed by atoms with Gasteiger partial charge in [-0.05, 0) is 20.4 Å². The summed E-state index contributed by atoms with van der Waals surface area (Å²) in [6.45, 7) is 6.49. The van der Waals surface area contributed by atoms with Crippen molar-refractivity contribution in [2.75, 3.05) is 24.6 Å². The molecule has 0 aromatic heterocycles. The van der Waals surface area contributed by atoms with E-state index in [0.717, 1.165) is 0 Å². The molecule has 1 aliphatic heterocycles. The lowest BCUT2D eigenvalue weighted by Gasteiger charge is -2.29. The van der Waals surface area contributed by atoms with E-state index in [-0.39, 0.29) is 36.0 Å². The van der Waals surface area contributed by atoms with Gasteiger partial charge < -0.3 is 11.1 Å². The van der Waals surface area contributed by atoms with Crippen LogP contribution in [0.2, 0.25) is 0 Å². The second-order valence-electron chi connectivity index (χ2n) is 5.09. The summed E-state index contributed by atoms with van der Waals surface area (Å²) in [6, 6.07) is -0.572. The van der Waals surface area contributed by atoms with Gasteiger partial charge in [0.1, 0.15) is 0 Å². The second kappa shape index (κ2) is 5.99. The topological polar surface area (TPSA) is 92.5 Å². The molecule has 0 bridgehead atoms. The Labute approximate surface area is 109 Å². The van der Waals surface area contributed by atoms with Gasteiger partial charge in [0.15, 0.2) is 9.84 Å². The van der Waals surface area contributed by atoms with E-state index in [1.54, 1.807) is 0 Å². The van der Waals surface area contributed by atoms with Crippen LogP contribution < -0.4 is 11.1 Å². The molecule has 2 atom stereocenters. The number of likely N-dealkylation sites (N-methyl/N-ethyl adjacent to an activating group) is 1. The number of carbonyl (C=O) groups is 1. The van der Waals surface area contributed by atoms with Crippen LogP contribution in [0.3, 0.4) is 0 Å². The molecule has 0 saturated carbocycles. The maximum Gasteiger partial charge on any atom is 0.234 e. The highest BCUT2D eigenvalue weighted by Gasteiger charge is 2.38. The van der Waals surface area contributed by atoms with Crippen LogP contribution in [0.4, 0.5) is 0 Å². The molecule has 1 aliphatic rings. The van der Waals surface area contributed by atoms with Crippen molar-refractivity contribution in [1.29, 1.82) is 0 Å².